The molecule has 0 radical (unpaired) electrons. The molecule has 1 aromatic rings. The molecule has 96 valence electrons. The summed E-state index contributed by atoms with van der Waals surface area (Å²) in [5.74, 6) is 0.818. The van der Waals surface area contributed by atoms with Crippen LogP contribution in [0.25, 0.3) is 0 Å². The summed E-state index contributed by atoms with van der Waals surface area (Å²) in [7, 11) is 1.65. The molecule has 1 unspecified atom stereocenters. The summed E-state index contributed by atoms with van der Waals surface area (Å²) in [6.07, 6.45) is 2.17. The molecule has 0 heterocycles. The molecule has 3 heteroatoms. The second-order valence-electron chi connectivity index (χ2n) is 4.67. The van der Waals surface area contributed by atoms with Gasteiger partial charge in [-0.1, -0.05) is 31.0 Å². The van der Waals surface area contributed by atoms with Crippen LogP contribution in [-0.2, 0) is 6.42 Å². The molecule has 0 aromatic heterocycles. The van der Waals surface area contributed by atoms with E-state index in [1.54, 1.807) is 7.11 Å². The van der Waals surface area contributed by atoms with E-state index >= 15 is 0 Å². The zero-order valence-corrected chi connectivity index (χ0v) is 11.0. The highest BCUT2D eigenvalue weighted by Crippen LogP contribution is 2.26. The van der Waals surface area contributed by atoms with Crippen LogP contribution in [0, 0.1) is 6.92 Å². The first-order valence-electron chi connectivity index (χ1n) is 6.10. The van der Waals surface area contributed by atoms with Gasteiger partial charge < -0.3 is 15.6 Å². The van der Waals surface area contributed by atoms with Gasteiger partial charge in [0.1, 0.15) is 5.75 Å². The molecule has 17 heavy (non-hydrogen) atoms. The Hall–Kier alpha value is -1.06. The molecular formula is C14H23NO2. The Morgan fingerprint density at radius 1 is 1.41 bits per heavy atom. The molecule has 0 spiro atoms. The van der Waals surface area contributed by atoms with Crippen LogP contribution < -0.4 is 10.5 Å². The molecule has 3 N–H and O–H groups in total. The summed E-state index contributed by atoms with van der Waals surface area (Å²) in [6.45, 7) is 4.36. The number of aryl methyl sites for hydroxylation is 1. The van der Waals surface area contributed by atoms with Crippen molar-refractivity contribution in [3.63, 3.8) is 0 Å². The van der Waals surface area contributed by atoms with Crippen molar-refractivity contribution in [2.75, 3.05) is 13.7 Å². The Bertz CT molecular complexity index is 365. The number of aliphatic hydroxyl groups is 1. The summed E-state index contributed by atoms with van der Waals surface area (Å²) in [4.78, 5) is 0. The summed E-state index contributed by atoms with van der Waals surface area (Å²) in [5.41, 5.74) is 7.04. The van der Waals surface area contributed by atoms with E-state index in [9.17, 15) is 5.11 Å². The third kappa shape index (κ3) is 3.72. The third-order valence-electron chi connectivity index (χ3n) is 3.05. The fraction of sp³-hybridized carbons (Fsp3) is 0.571. The Balaban J connectivity index is 2.95. The zero-order valence-electron chi connectivity index (χ0n) is 11.0. The Labute approximate surface area is 104 Å². The van der Waals surface area contributed by atoms with Crippen molar-refractivity contribution in [1.29, 1.82) is 0 Å². The lowest BCUT2D eigenvalue weighted by Crippen LogP contribution is -2.39. The summed E-state index contributed by atoms with van der Waals surface area (Å²) in [5, 5.41) is 10.4. The summed E-state index contributed by atoms with van der Waals surface area (Å²) >= 11 is 0. The second kappa shape index (κ2) is 6.03. The van der Waals surface area contributed by atoms with E-state index in [0.717, 1.165) is 23.3 Å². The highest BCUT2D eigenvalue weighted by molar-refractivity contribution is 5.37. The van der Waals surface area contributed by atoms with Crippen LogP contribution in [0.1, 0.15) is 30.9 Å². The van der Waals surface area contributed by atoms with Gasteiger partial charge in [0.05, 0.1) is 12.7 Å². The predicted molar refractivity (Wildman–Crippen MR) is 70.3 cm³/mol. The summed E-state index contributed by atoms with van der Waals surface area (Å²) < 4.78 is 5.32. The highest BCUT2D eigenvalue weighted by atomic mass is 16.5. The van der Waals surface area contributed by atoms with Gasteiger partial charge in [-0.05, 0) is 25.0 Å². The van der Waals surface area contributed by atoms with Gasteiger partial charge in [0.25, 0.3) is 0 Å². The van der Waals surface area contributed by atoms with Crippen molar-refractivity contribution in [3.05, 3.63) is 29.3 Å². The van der Waals surface area contributed by atoms with E-state index in [1.807, 2.05) is 26.0 Å². The maximum Gasteiger partial charge on any atom is 0.122 e. The topological polar surface area (TPSA) is 55.5 Å². The van der Waals surface area contributed by atoms with Crippen LogP contribution in [0.2, 0.25) is 0 Å². The first-order chi connectivity index (χ1) is 8.04. The maximum atomic E-state index is 10.4. The van der Waals surface area contributed by atoms with Crippen LogP contribution >= 0.6 is 0 Å². The first kappa shape index (κ1) is 14.0. The largest absolute Gasteiger partial charge is 0.496 e. The Kier molecular flexibility index (Phi) is 4.97. The molecule has 1 rings (SSSR count). The lowest BCUT2D eigenvalue weighted by Gasteiger charge is -2.27. The minimum atomic E-state index is -0.824. The van der Waals surface area contributed by atoms with E-state index < -0.39 is 5.60 Å². The van der Waals surface area contributed by atoms with Gasteiger partial charge in [-0.15, -0.1) is 0 Å². The number of ether oxygens (including phenoxy) is 1. The van der Waals surface area contributed by atoms with E-state index in [1.165, 1.54) is 0 Å². The molecule has 0 amide bonds. The number of hydrogen-bond donors (Lipinski definition) is 2. The van der Waals surface area contributed by atoms with Gasteiger partial charge in [-0.25, -0.2) is 0 Å². The highest BCUT2D eigenvalue weighted by Gasteiger charge is 2.25. The minimum Gasteiger partial charge on any atom is -0.496 e. The van der Waals surface area contributed by atoms with Gasteiger partial charge in [-0.2, -0.15) is 0 Å². The quantitative estimate of drug-likeness (QED) is 0.796. The van der Waals surface area contributed by atoms with E-state index in [-0.39, 0.29) is 6.54 Å². The van der Waals surface area contributed by atoms with Gasteiger partial charge >= 0.3 is 0 Å². The van der Waals surface area contributed by atoms with Crippen LogP contribution in [0.5, 0.6) is 5.75 Å². The van der Waals surface area contributed by atoms with Gasteiger partial charge in [0.15, 0.2) is 0 Å². The van der Waals surface area contributed by atoms with Crippen molar-refractivity contribution < 1.29 is 9.84 Å². The molecule has 3 nitrogen and oxygen atoms in total. The number of rotatable bonds is 6. The standard InChI is InChI=1S/C14H23NO2/c1-4-7-14(16,10-15)9-12-8-11(2)5-6-13(12)17-3/h5-6,8,16H,4,7,9-10,15H2,1-3H3. The zero-order chi connectivity index (χ0) is 12.9. The molecule has 0 aliphatic heterocycles. The van der Waals surface area contributed by atoms with Crippen LogP contribution in [0.15, 0.2) is 18.2 Å². The number of nitrogens with two attached hydrogens (primary N) is 1. The van der Waals surface area contributed by atoms with Crippen molar-refractivity contribution >= 4 is 0 Å². The fourth-order valence-corrected chi connectivity index (χ4v) is 2.13. The molecule has 1 atom stereocenters. The fourth-order valence-electron chi connectivity index (χ4n) is 2.13. The number of methoxy groups -OCH3 is 1. The van der Waals surface area contributed by atoms with Gasteiger partial charge in [0.2, 0.25) is 0 Å². The van der Waals surface area contributed by atoms with Crippen molar-refractivity contribution in [2.24, 2.45) is 5.73 Å². The van der Waals surface area contributed by atoms with E-state index in [4.69, 9.17) is 10.5 Å². The molecule has 0 bridgehead atoms. The van der Waals surface area contributed by atoms with Crippen molar-refractivity contribution in [2.45, 2.75) is 38.7 Å². The lowest BCUT2D eigenvalue weighted by molar-refractivity contribution is 0.0393. The van der Waals surface area contributed by atoms with Gasteiger partial charge in [0, 0.05) is 13.0 Å². The van der Waals surface area contributed by atoms with Crippen molar-refractivity contribution in [3.8, 4) is 5.75 Å². The number of hydrogen-bond acceptors (Lipinski definition) is 3. The third-order valence-corrected chi connectivity index (χ3v) is 3.05. The minimum absolute atomic E-state index is 0.276. The van der Waals surface area contributed by atoms with E-state index in [2.05, 4.69) is 6.07 Å². The van der Waals surface area contributed by atoms with Crippen molar-refractivity contribution in [1.82, 2.24) is 0 Å². The lowest BCUT2D eigenvalue weighted by atomic mass is 9.89. The summed E-state index contributed by atoms with van der Waals surface area (Å²) in [6, 6.07) is 5.99. The average Bonchev–Trinajstić information content (AvgIpc) is 2.29. The maximum absolute atomic E-state index is 10.4. The molecule has 1 aromatic carbocycles. The monoisotopic (exact) mass is 237 g/mol. The molecule has 0 fully saturated rings. The molecule has 0 aliphatic rings. The van der Waals surface area contributed by atoms with Gasteiger partial charge in [-0.3, -0.25) is 0 Å². The number of benzene rings is 1. The predicted octanol–water partition coefficient (Wildman–Crippen LogP) is 2.04. The second-order valence-corrected chi connectivity index (χ2v) is 4.67. The SMILES string of the molecule is CCCC(O)(CN)Cc1cc(C)ccc1OC. The smallest absolute Gasteiger partial charge is 0.122 e. The van der Waals surface area contributed by atoms with E-state index in [0.29, 0.717) is 12.8 Å². The van der Waals surface area contributed by atoms with Crippen LogP contribution in [0.3, 0.4) is 0 Å². The average molecular weight is 237 g/mol. The van der Waals surface area contributed by atoms with Crippen LogP contribution in [-0.4, -0.2) is 24.4 Å². The Morgan fingerprint density at radius 2 is 2.12 bits per heavy atom. The molecule has 0 saturated carbocycles. The normalized spacial score (nSPS) is 14.4. The molecule has 0 aliphatic carbocycles. The molecule has 0 saturated heterocycles. The molecular weight excluding hydrogens is 214 g/mol. The Morgan fingerprint density at radius 3 is 2.65 bits per heavy atom. The van der Waals surface area contributed by atoms with Crippen LogP contribution in [0.4, 0.5) is 0 Å². The first-order valence-corrected chi connectivity index (χ1v) is 6.10.